The van der Waals surface area contributed by atoms with Crippen molar-refractivity contribution in [1.29, 1.82) is 0 Å². The second kappa shape index (κ2) is 4.70. The number of piperidine rings is 1. The van der Waals surface area contributed by atoms with Crippen LogP contribution >= 0.6 is 0 Å². The van der Waals surface area contributed by atoms with Crippen molar-refractivity contribution in [3.05, 3.63) is 23.9 Å². The lowest BCUT2D eigenvalue weighted by molar-refractivity contribution is -0.132. The van der Waals surface area contributed by atoms with E-state index in [1.807, 2.05) is 0 Å². The third kappa shape index (κ3) is 2.44. The first-order chi connectivity index (χ1) is 7.66. The number of nitrogens with one attached hydrogen (secondary N) is 1. The summed E-state index contributed by atoms with van der Waals surface area (Å²) < 4.78 is 0. The minimum Gasteiger partial charge on any atom is -0.478 e. The van der Waals surface area contributed by atoms with Gasteiger partial charge in [-0.15, -0.1) is 0 Å². The van der Waals surface area contributed by atoms with Gasteiger partial charge in [0.25, 0.3) is 0 Å². The van der Waals surface area contributed by atoms with Crippen molar-refractivity contribution in [1.82, 2.24) is 10.2 Å². The quantitative estimate of drug-likeness (QED) is 0.736. The Morgan fingerprint density at radius 1 is 1.50 bits per heavy atom. The fraction of sp³-hybridized carbons (Fsp3) is 0.583. The van der Waals surface area contributed by atoms with Crippen LogP contribution in [0.15, 0.2) is 23.9 Å². The third-order valence-electron chi connectivity index (χ3n) is 3.33. The van der Waals surface area contributed by atoms with Gasteiger partial charge in [-0.25, -0.2) is 4.79 Å². The summed E-state index contributed by atoms with van der Waals surface area (Å²) in [6.45, 7) is 4.34. The van der Waals surface area contributed by atoms with Crippen molar-refractivity contribution in [2.24, 2.45) is 5.92 Å². The number of hydrogen-bond acceptors (Lipinski definition) is 3. The van der Waals surface area contributed by atoms with Crippen LogP contribution in [-0.2, 0) is 4.79 Å². The van der Waals surface area contributed by atoms with Crippen LogP contribution in [0.4, 0.5) is 0 Å². The summed E-state index contributed by atoms with van der Waals surface area (Å²) in [4.78, 5) is 13.2. The summed E-state index contributed by atoms with van der Waals surface area (Å²) in [6.07, 6.45) is 7.55. The smallest absolute Gasteiger partial charge is 0.335 e. The van der Waals surface area contributed by atoms with Crippen LogP contribution in [0.25, 0.3) is 0 Å². The largest absolute Gasteiger partial charge is 0.478 e. The number of aliphatic carboxylic acids is 1. The van der Waals surface area contributed by atoms with Crippen LogP contribution in [0, 0.1) is 5.92 Å². The molecule has 2 rings (SSSR count). The highest BCUT2D eigenvalue weighted by Crippen LogP contribution is 2.19. The molecule has 0 aromatic carbocycles. The molecule has 1 fully saturated rings. The Morgan fingerprint density at radius 2 is 2.19 bits per heavy atom. The lowest BCUT2D eigenvalue weighted by atomic mass is 9.98. The van der Waals surface area contributed by atoms with Crippen molar-refractivity contribution < 1.29 is 9.90 Å². The van der Waals surface area contributed by atoms with E-state index in [1.54, 1.807) is 18.4 Å². The Kier molecular flexibility index (Phi) is 3.29. The molecule has 0 radical (unpaired) electrons. The molecule has 0 saturated carbocycles. The Hall–Kier alpha value is -1.29. The maximum atomic E-state index is 10.9. The average molecular weight is 222 g/mol. The zero-order chi connectivity index (χ0) is 11.5. The summed E-state index contributed by atoms with van der Waals surface area (Å²) in [5, 5.41) is 12.1. The van der Waals surface area contributed by atoms with E-state index in [0.29, 0.717) is 5.57 Å². The summed E-state index contributed by atoms with van der Waals surface area (Å²) in [5.74, 6) is -0.0635. The molecule has 2 heterocycles. The first-order valence-electron chi connectivity index (χ1n) is 5.78. The van der Waals surface area contributed by atoms with Gasteiger partial charge in [-0.05, 0) is 37.1 Å². The molecule has 1 saturated heterocycles. The summed E-state index contributed by atoms with van der Waals surface area (Å²) in [6, 6.07) is 0. The number of carboxylic acids is 1. The van der Waals surface area contributed by atoms with Gasteiger partial charge in [0.15, 0.2) is 0 Å². The molecule has 0 bridgehead atoms. The normalized spacial score (nSPS) is 27.3. The zero-order valence-corrected chi connectivity index (χ0v) is 9.52. The van der Waals surface area contributed by atoms with Gasteiger partial charge in [0.2, 0.25) is 0 Å². The molecule has 1 atom stereocenters. The fourth-order valence-electron chi connectivity index (χ4n) is 2.17. The molecule has 0 amide bonds. The predicted octanol–water partition coefficient (Wildman–Crippen LogP) is 1.17. The van der Waals surface area contributed by atoms with E-state index in [4.69, 9.17) is 5.11 Å². The molecule has 2 N–H and O–H groups in total. The maximum absolute atomic E-state index is 10.9. The molecular weight excluding hydrogens is 204 g/mol. The Balaban J connectivity index is 2.00. The molecule has 1 unspecified atom stereocenters. The Morgan fingerprint density at radius 3 is 2.81 bits per heavy atom. The molecule has 4 heteroatoms. The van der Waals surface area contributed by atoms with E-state index in [0.717, 1.165) is 19.0 Å². The highest BCUT2D eigenvalue weighted by Gasteiger charge is 2.23. The van der Waals surface area contributed by atoms with Crippen LogP contribution in [0.5, 0.6) is 0 Å². The topological polar surface area (TPSA) is 52.6 Å². The molecule has 2 aliphatic rings. The number of dihydropyridines is 1. The average Bonchev–Trinajstić information content (AvgIpc) is 2.30. The first-order valence-corrected chi connectivity index (χ1v) is 5.78. The fourth-order valence-corrected chi connectivity index (χ4v) is 2.17. The van der Waals surface area contributed by atoms with Crippen molar-refractivity contribution in [3.8, 4) is 0 Å². The molecular formula is C12H18N2O2. The second-order valence-electron chi connectivity index (χ2n) is 4.59. The van der Waals surface area contributed by atoms with Gasteiger partial charge < -0.3 is 10.4 Å². The van der Waals surface area contributed by atoms with E-state index in [2.05, 4.69) is 17.1 Å². The molecule has 0 aromatic rings. The van der Waals surface area contributed by atoms with Crippen LogP contribution in [0.1, 0.15) is 19.8 Å². The van der Waals surface area contributed by atoms with Crippen molar-refractivity contribution in [2.45, 2.75) is 25.9 Å². The van der Waals surface area contributed by atoms with Gasteiger partial charge in [-0.3, -0.25) is 4.90 Å². The van der Waals surface area contributed by atoms with E-state index in [-0.39, 0.29) is 6.17 Å². The molecule has 88 valence electrons. The monoisotopic (exact) mass is 222 g/mol. The van der Waals surface area contributed by atoms with Crippen molar-refractivity contribution in [3.63, 3.8) is 0 Å². The number of rotatable bonds is 2. The lowest BCUT2D eigenvalue weighted by Crippen LogP contribution is -2.47. The summed E-state index contributed by atoms with van der Waals surface area (Å²) in [5.41, 5.74) is 0.377. The van der Waals surface area contributed by atoms with Crippen molar-refractivity contribution in [2.75, 3.05) is 13.1 Å². The van der Waals surface area contributed by atoms with Crippen molar-refractivity contribution >= 4 is 5.97 Å². The van der Waals surface area contributed by atoms with E-state index in [9.17, 15) is 4.79 Å². The highest BCUT2D eigenvalue weighted by molar-refractivity contribution is 5.90. The van der Waals surface area contributed by atoms with Gasteiger partial charge >= 0.3 is 5.97 Å². The second-order valence-corrected chi connectivity index (χ2v) is 4.59. The van der Waals surface area contributed by atoms with Gasteiger partial charge in [-0.1, -0.05) is 6.92 Å². The number of hydrogen-bond donors (Lipinski definition) is 2. The summed E-state index contributed by atoms with van der Waals surface area (Å²) in [7, 11) is 0. The van der Waals surface area contributed by atoms with E-state index >= 15 is 0 Å². The predicted molar refractivity (Wildman–Crippen MR) is 61.8 cm³/mol. The molecule has 2 aliphatic heterocycles. The Bertz CT molecular complexity index is 328. The Labute approximate surface area is 95.6 Å². The van der Waals surface area contributed by atoms with E-state index in [1.165, 1.54) is 12.8 Å². The third-order valence-corrected chi connectivity index (χ3v) is 3.33. The van der Waals surface area contributed by atoms with Gasteiger partial charge in [0, 0.05) is 13.1 Å². The molecule has 0 aromatic heterocycles. The van der Waals surface area contributed by atoms with Crippen LogP contribution in [-0.4, -0.2) is 35.2 Å². The summed E-state index contributed by atoms with van der Waals surface area (Å²) >= 11 is 0. The van der Waals surface area contributed by atoms with Crippen LogP contribution in [0.3, 0.4) is 0 Å². The number of likely N-dealkylation sites (tertiary alicyclic amines) is 1. The SMILES string of the molecule is CC1CCN(C2C=C(C(=O)O)C=CN2)CC1. The van der Waals surface area contributed by atoms with Crippen LogP contribution < -0.4 is 5.32 Å². The molecule has 4 nitrogen and oxygen atoms in total. The molecule has 0 spiro atoms. The zero-order valence-electron chi connectivity index (χ0n) is 9.52. The maximum Gasteiger partial charge on any atom is 0.335 e. The van der Waals surface area contributed by atoms with E-state index < -0.39 is 5.97 Å². The molecule has 0 aliphatic carbocycles. The van der Waals surface area contributed by atoms with Crippen LogP contribution in [0.2, 0.25) is 0 Å². The highest BCUT2D eigenvalue weighted by atomic mass is 16.4. The first kappa shape index (κ1) is 11.2. The number of nitrogens with zero attached hydrogens (tertiary/aromatic N) is 1. The lowest BCUT2D eigenvalue weighted by Gasteiger charge is -2.36. The minimum absolute atomic E-state index is 0.0450. The van der Waals surface area contributed by atoms with Gasteiger partial charge in [0.05, 0.1) is 11.7 Å². The standard InChI is InChI=1S/C12H18N2O2/c1-9-3-6-14(7-4-9)11-8-10(12(15)16)2-5-13-11/h2,5,8-9,11,13H,3-4,6-7H2,1H3,(H,15,16). The number of carboxylic acid groups (broad SMARTS) is 1. The van der Waals surface area contributed by atoms with Gasteiger partial charge in [0.1, 0.15) is 0 Å². The minimum atomic E-state index is -0.854. The molecule has 16 heavy (non-hydrogen) atoms. The van der Waals surface area contributed by atoms with Gasteiger partial charge in [-0.2, -0.15) is 0 Å². The number of carbonyl (C=O) groups is 1.